The van der Waals surface area contributed by atoms with Crippen LogP contribution >= 0.6 is 0 Å². The molecule has 76 valence electrons. The monoisotopic (exact) mass is 183 g/mol. The first-order valence-corrected chi connectivity index (χ1v) is 5.35. The summed E-state index contributed by atoms with van der Waals surface area (Å²) in [5.74, 6) is 0.931. The van der Waals surface area contributed by atoms with Crippen LogP contribution in [0.2, 0.25) is 0 Å². The quantitative estimate of drug-likeness (QED) is 0.656. The molecule has 0 aromatic carbocycles. The topological polar surface area (TPSA) is 18.5 Å². The van der Waals surface area contributed by atoms with Gasteiger partial charge in [-0.1, -0.05) is 0 Å². The van der Waals surface area contributed by atoms with Crippen LogP contribution in [0.4, 0.5) is 0 Å². The van der Waals surface area contributed by atoms with E-state index in [0.717, 1.165) is 12.0 Å². The lowest BCUT2D eigenvalue weighted by atomic mass is 10.0. The van der Waals surface area contributed by atoms with E-state index in [0.29, 0.717) is 0 Å². The minimum absolute atomic E-state index is 0.799. The highest BCUT2D eigenvalue weighted by molar-refractivity contribution is 4.85. The van der Waals surface area contributed by atoms with Crippen molar-refractivity contribution in [2.45, 2.75) is 12.5 Å². The van der Waals surface area contributed by atoms with E-state index in [-0.39, 0.29) is 0 Å². The van der Waals surface area contributed by atoms with Crippen LogP contribution < -0.4 is 5.32 Å². The lowest BCUT2D eigenvalue weighted by Crippen LogP contribution is -2.48. The van der Waals surface area contributed by atoms with Crippen LogP contribution in [-0.4, -0.2) is 62.7 Å². The summed E-state index contributed by atoms with van der Waals surface area (Å²) in [5, 5.41) is 3.33. The van der Waals surface area contributed by atoms with E-state index in [4.69, 9.17) is 0 Å². The normalized spacial score (nSPS) is 31.2. The zero-order valence-electron chi connectivity index (χ0n) is 8.79. The van der Waals surface area contributed by atoms with Gasteiger partial charge in [0.1, 0.15) is 0 Å². The number of hydrogen-bond acceptors (Lipinski definition) is 3. The SMILES string of the molecule is CN(C)C1CCN(CC2CNC2)C1. The first kappa shape index (κ1) is 9.44. The van der Waals surface area contributed by atoms with Gasteiger partial charge in [-0.15, -0.1) is 0 Å². The van der Waals surface area contributed by atoms with Gasteiger partial charge in [0, 0.05) is 32.2 Å². The molecule has 1 N–H and O–H groups in total. The van der Waals surface area contributed by atoms with Gasteiger partial charge < -0.3 is 15.1 Å². The van der Waals surface area contributed by atoms with Crippen LogP contribution in [0.15, 0.2) is 0 Å². The molecule has 0 aromatic rings. The molecule has 0 saturated carbocycles. The Morgan fingerprint density at radius 2 is 2.15 bits per heavy atom. The standard InChI is InChI=1S/C10H21N3/c1-12(2)10-3-4-13(8-10)7-9-5-11-6-9/h9-11H,3-8H2,1-2H3. The second-order valence-electron chi connectivity index (χ2n) is 4.69. The molecule has 2 rings (SSSR count). The molecule has 2 aliphatic rings. The Labute approximate surface area is 81.1 Å². The Bertz CT molecular complexity index is 166. The summed E-state index contributed by atoms with van der Waals surface area (Å²) in [6.07, 6.45) is 1.35. The Morgan fingerprint density at radius 1 is 1.38 bits per heavy atom. The van der Waals surface area contributed by atoms with Gasteiger partial charge in [-0.25, -0.2) is 0 Å². The number of likely N-dealkylation sites (N-methyl/N-ethyl adjacent to an activating group) is 1. The molecular weight excluding hydrogens is 162 g/mol. The van der Waals surface area contributed by atoms with Crippen molar-refractivity contribution in [2.24, 2.45) is 5.92 Å². The Hall–Kier alpha value is -0.120. The van der Waals surface area contributed by atoms with Crippen molar-refractivity contribution in [1.82, 2.24) is 15.1 Å². The van der Waals surface area contributed by atoms with E-state index in [9.17, 15) is 0 Å². The predicted octanol–water partition coefficient (Wildman–Crippen LogP) is -0.158. The highest BCUT2D eigenvalue weighted by Crippen LogP contribution is 2.15. The maximum absolute atomic E-state index is 3.33. The average molecular weight is 183 g/mol. The fraction of sp³-hybridized carbons (Fsp3) is 1.00. The zero-order chi connectivity index (χ0) is 9.26. The molecule has 0 amide bonds. The van der Waals surface area contributed by atoms with Crippen LogP contribution in [0.25, 0.3) is 0 Å². The number of nitrogens with one attached hydrogen (secondary N) is 1. The van der Waals surface area contributed by atoms with Crippen molar-refractivity contribution in [1.29, 1.82) is 0 Å². The third-order valence-corrected chi connectivity index (χ3v) is 3.36. The number of rotatable bonds is 3. The van der Waals surface area contributed by atoms with Crippen LogP contribution in [0.3, 0.4) is 0 Å². The second kappa shape index (κ2) is 3.95. The molecule has 2 aliphatic heterocycles. The smallest absolute Gasteiger partial charge is 0.0229 e. The Kier molecular flexibility index (Phi) is 2.86. The molecule has 1 atom stereocenters. The summed E-state index contributed by atoms with van der Waals surface area (Å²) in [5.41, 5.74) is 0. The molecule has 0 radical (unpaired) electrons. The number of hydrogen-bond donors (Lipinski definition) is 1. The first-order chi connectivity index (χ1) is 6.25. The van der Waals surface area contributed by atoms with Crippen molar-refractivity contribution in [3.63, 3.8) is 0 Å². The maximum atomic E-state index is 3.33. The molecule has 3 nitrogen and oxygen atoms in total. The molecule has 2 saturated heterocycles. The summed E-state index contributed by atoms with van der Waals surface area (Å²) in [6, 6.07) is 0.799. The van der Waals surface area contributed by atoms with Crippen LogP contribution in [-0.2, 0) is 0 Å². The van der Waals surface area contributed by atoms with Crippen LogP contribution in [0, 0.1) is 5.92 Å². The maximum Gasteiger partial charge on any atom is 0.0229 e. The van der Waals surface area contributed by atoms with Gasteiger partial charge in [0.15, 0.2) is 0 Å². The van der Waals surface area contributed by atoms with Gasteiger partial charge in [0.2, 0.25) is 0 Å². The van der Waals surface area contributed by atoms with E-state index in [1.165, 1.54) is 39.1 Å². The lowest BCUT2D eigenvalue weighted by Gasteiger charge is -2.31. The van der Waals surface area contributed by atoms with E-state index >= 15 is 0 Å². The molecule has 0 spiro atoms. The molecule has 0 aromatic heterocycles. The fourth-order valence-electron chi connectivity index (χ4n) is 2.24. The molecule has 0 aliphatic carbocycles. The molecule has 13 heavy (non-hydrogen) atoms. The van der Waals surface area contributed by atoms with Gasteiger partial charge in [-0.2, -0.15) is 0 Å². The van der Waals surface area contributed by atoms with Crippen molar-refractivity contribution in [3.05, 3.63) is 0 Å². The second-order valence-corrected chi connectivity index (χ2v) is 4.69. The van der Waals surface area contributed by atoms with Crippen molar-refractivity contribution >= 4 is 0 Å². The highest BCUT2D eigenvalue weighted by Gasteiger charge is 2.27. The van der Waals surface area contributed by atoms with Gasteiger partial charge in [0.05, 0.1) is 0 Å². The minimum Gasteiger partial charge on any atom is -0.316 e. The van der Waals surface area contributed by atoms with E-state index in [1.54, 1.807) is 0 Å². The molecule has 0 bridgehead atoms. The van der Waals surface area contributed by atoms with Crippen molar-refractivity contribution in [3.8, 4) is 0 Å². The molecule has 2 heterocycles. The lowest BCUT2D eigenvalue weighted by molar-refractivity contribution is 0.207. The predicted molar refractivity (Wildman–Crippen MR) is 54.9 cm³/mol. The largest absolute Gasteiger partial charge is 0.316 e. The minimum atomic E-state index is 0.799. The summed E-state index contributed by atoms with van der Waals surface area (Å²) < 4.78 is 0. The van der Waals surface area contributed by atoms with E-state index in [2.05, 4.69) is 29.2 Å². The van der Waals surface area contributed by atoms with Gasteiger partial charge in [-0.05, 0) is 33.0 Å². The van der Waals surface area contributed by atoms with Crippen molar-refractivity contribution < 1.29 is 0 Å². The molecule has 2 fully saturated rings. The third-order valence-electron chi connectivity index (χ3n) is 3.36. The number of nitrogens with zero attached hydrogens (tertiary/aromatic N) is 2. The van der Waals surface area contributed by atoms with E-state index in [1.807, 2.05) is 0 Å². The Balaban J connectivity index is 1.71. The highest BCUT2D eigenvalue weighted by atomic mass is 15.2. The van der Waals surface area contributed by atoms with Gasteiger partial charge in [0.25, 0.3) is 0 Å². The summed E-state index contributed by atoms with van der Waals surface area (Å²) in [6.45, 7) is 6.38. The van der Waals surface area contributed by atoms with Gasteiger partial charge in [-0.3, -0.25) is 0 Å². The van der Waals surface area contributed by atoms with Gasteiger partial charge >= 0.3 is 0 Å². The van der Waals surface area contributed by atoms with E-state index < -0.39 is 0 Å². The molecular formula is C10H21N3. The van der Waals surface area contributed by atoms with Crippen molar-refractivity contribution in [2.75, 3.05) is 46.8 Å². The number of likely N-dealkylation sites (tertiary alicyclic amines) is 1. The summed E-state index contributed by atoms with van der Waals surface area (Å²) >= 11 is 0. The Morgan fingerprint density at radius 3 is 2.62 bits per heavy atom. The fourth-order valence-corrected chi connectivity index (χ4v) is 2.24. The molecule has 1 unspecified atom stereocenters. The average Bonchev–Trinajstić information content (AvgIpc) is 2.44. The third kappa shape index (κ3) is 2.22. The first-order valence-electron chi connectivity index (χ1n) is 5.35. The van der Waals surface area contributed by atoms with Crippen LogP contribution in [0.5, 0.6) is 0 Å². The summed E-state index contributed by atoms with van der Waals surface area (Å²) in [4.78, 5) is 4.98. The molecule has 3 heteroatoms. The zero-order valence-corrected chi connectivity index (χ0v) is 8.79. The summed E-state index contributed by atoms with van der Waals surface area (Å²) in [7, 11) is 4.39. The van der Waals surface area contributed by atoms with Crippen LogP contribution in [0.1, 0.15) is 6.42 Å².